The molecule has 3 atom stereocenters. The molecule has 3 rings (SSSR count). The van der Waals surface area contributed by atoms with Gasteiger partial charge in [0, 0.05) is 6.42 Å². The Balaban J connectivity index is 2.08. The molecule has 2 aromatic rings. The minimum absolute atomic E-state index is 0.211. The number of hydrogen-bond donors (Lipinski definition) is 4. The molecule has 0 radical (unpaired) electrons. The number of nitrogens with zero attached hydrogens (tertiary/aromatic N) is 3. The molecule has 9 heteroatoms. The third-order valence-corrected chi connectivity index (χ3v) is 3.74. The van der Waals surface area contributed by atoms with Crippen molar-refractivity contribution in [3.05, 3.63) is 11.0 Å². The molecule has 0 aromatic carbocycles. The number of fused-ring (bicyclic) bond motifs is 1. The van der Waals surface area contributed by atoms with Crippen LogP contribution in [-0.2, 0) is 4.74 Å². The van der Waals surface area contributed by atoms with E-state index in [0.29, 0.717) is 22.8 Å². The van der Waals surface area contributed by atoms with Gasteiger partial charge in [-0.1, -0.05) is 4.98 Å². The highest BCUT2D eigenvalue weighted by Gasteiger charge is 2.38. The second-order valence-electron chi connectivity index (χ2n) is 5.30. The Morgan fingerprint density at radius 2 is 2.29 bits per heavy atom. The molecule has 0 aliphatic carbocycles. The molecule has 1 aliphatic heterocycles. The first-order valence-corrected chi connectivity index (χ1v) is 7.06. The van der Waals surface area contributed by atoms with Crippen molar-refractivity contribution in [3.8, 4) is 0 Å². The first kappa shape index (κ1) is 14.4. The molecule has 114 valence electrons. The minimum Gasteiger partial charge on any atom is -0.394 e. The van der Waals surface area contributed by atoms with Gasteiger partial charge in [0.25, 0.3) is 0 Å². The van der Waals surface area contributed by atoms with Crippen molar-refractivity contribution < 1.29 is 19.5 Å². The summed E-state index contributed by atoms with van der Waals surface area (Å²) in [5.41, 5.74) is 1.42. The van der Waals surface area contributed by atoms with Crippen LogP contribution in [0, 0.1) is 4.77 Å². The summed E-state index contributed by atoms with van der Waals surface area (Å²) in [6, 6.07) is 0. The van der Waals surface area contributed by atoms with Crippen molar-refractivity contribution in [2.75, 3.05) is 25.6 Å². The zero-order chi connectivity index (χ0) is 15.1. The maximum absolute atomic E-state index is 9.90. The van der Waals surface area contributed by atoms with Gasteiger partial charge in [0.1, 0.15) is 11.6 Å². The van der Waals surface area contributed by atoms with Gasteiger partial charge in [-0.15, -0.1) is 0 Å². The van der Waals surface area contributed by atoms with Crippen molar-refractivity contribution in [2.45, 2.75) is 24.9 Å². The van der Waals surface area contributed by atoms with Crippen LogP contribution in [-0.4, -0.2) is 58.1 Å². The number of hydrogen-bond acceptors (Lipinski definition) is 6. The van der Waals surface area contributed by atoms with Crippen molar-refractivity contribution in [1.82, 2.24) is 15.0 Å². The number of nitrogens with one attached hydrogen (secondary N) is 2. The van der Waals surface area contributed by atoms with Crippen molar-refractivity contribution in [3.63, 3.8) is 0 Å². The lowest BCUT2D eigenvalue weighted by molar-refractivity contribution is -0.749. The van der Waals surface area contributed by atoms with Gasteiger partial charge < -0.3 is 24.9 Å². The lowest BCUT2D eigenvalue weighted by Gasteiger charge is -2.15. The lowest BCUT2D eigenvalue weighted by Crippen LogP contribution is -2.45. The van der Waals surface area contributed by atoms with Crippen molar-refractivity contribution in [1.29, 1.82) is 0 Å². The van der Waals surface area contributed by atoms with Crippen LogP contribution < -0.4 is 9.47 Å². The van der Waals surface area contributed by atoms with Crippen LogP contribution in [0.15, 0.2) is 6.20 Å². The van der Waals surface area contributed by atoms with Crippen molar-refractivity contribution in [2.24, 2.45) is 0 Å². The molecule has 21 heavy (non-hydrogen) atoms. The van der Waals surface area contributed by atoms with Crippen LogP contribution in [0.2, 0.25) is 0 Å². The van der Waals surface area contributed by atoms with E-state index in [2.05, 4.69) is 15.0 Å². The van der Waals surface area contributed by atoms with E-state index >= 15 is 0 Å². The first-order chi connectivity index (χ1) is 9.99. The monoisotopic (exact) mass is 312 g/mol. The van der Waals surface area contributed by atoms with Crippen molar-refractivity contribution >= 4 is 29.3 Å². The van der Waals surface area contributed by atoms with Crippen LogP contribution in [0.1, 0.15) is 12.6 Å². The Morgan fingerprint density at radius 3 is 2.90 bits per heavy atom. The van der Waals surface area contributed by atoms with Gasteiger partial charge in [0.2, 0.25) is 5.65 Å². The molecule has 0 spiro atoms. The average molecular weight is 312 g/mol. The van der Waals surface area contributed by atoms with Crippen LogP contribution in [0.3, 0.4) is 0 Å². The number of ether oxygens (including phenoxy) is 1. The van der Waals surface area contributed by atoms with E-state index < -0.39 is 12.2 Å². The van der Waals surface area contributed by atoms with Gasteiger partial charge in [0.05, 0.1) is 33.0 Å². The van der Waals surface area contributed by atoms with Crippen LogP contribution in [0.5, 0.6) is 0 Å². The molecule has 2 aromatic heterocycles. The van der Waals surface area contributed by atoms with Gasteiger partial charge in [-0.2, -0.15) is 0 Å². The number of anilines is 1. The molecule has 1 aliphatic rings. The molecule has 0 amide bonds. The number of aliphatic hydroxyl groups excluding tert-OH is 2. The molecular weight excluding hydrogens is 294 g/mol. The fourth-order valence-electron chi connectivity index (χ4n) is 2.52. The number of rotatable bonds is 3. The quantitative estimate of drug-likeness (QED) is 0.455. The summed E-state index contributed by atoms with van der Waals surface area (Å²) in [5.74, 6) is 0.670. The van der Waals surface area contributed by atoms with E-state index in [9.17, 15) is 10.2 Å². The maximum atomic E-state index is 9.90. The lowest BCUT2D eigenvalue weighted by atomic mass is 10.2. The molecule has 0 saturated carbocycles. The fraction of sp³-hybridized carbons (Fsp3) is 0.583. The molecule has 1 unspecified atom stereocenters. The number of aliphatic hydroxyl groups is 2. The molecule has 4 N–H and O–H groups in total. The summed E-state index contributed by atoms with van der Waals surface area (Å²) in [5, 5.41) is 19.1. The Labute approximate surface area is 126 Å². The summed E-state index contributed by atoms with van der Waals surface area (Å²) in [4.78, 5) is 12.4. The largest absolute Gasteiger partial charge is 0.397 e. The van der Waals surface area contributed by atoms with Gasteiger partial charge >= 0.3 is 5.95 Å². The zero-order valence-electron chi connectivity index (χ0n) is 11.8. The Kier molecular flexibility index (Phi) is 3.66. The van der Waals surface area contributed by atoms with E-state index in [-0.39, 0.29) is 12.8 Å². The number of aromatic amines is 2. The topological polar surface area (TPSA) is 101 Å². The third-order valence-electron chi connectivity index (χ3n) is 3.54. The maximum Gasteiger partial charge on any atom is 0.397 e. The minimum atomic E-state index is -0.692. The summed E-state index contributed by atoms with van der Waals surface area (Å²) in [6.07, 6.45) is 0.597. The predicted molar refractivity (Wildman–Crippen MR) is 77.4 cm³/mol. The number of imidazole rings is 1. The Morgan fingerprint density at radius 1 is 1.52 bits per heavy atom. The number of aromatic nitrogens is 4. The second-order valence-corrected chi connectivity index (χ2v) is 5.71. The molecule has 8 nitrogen and oxygen atoms in total. The smallest absolute Gasteiger partial charge is 0.394 e. The highest BCUT2D eigenvalue weighted by molar-refractivity contribution is 7.71. The normalized spacial score (nSPS) is 25.6. The number of H-pyrrole nitrogens is 2. The van der Waals surface area contributed by atoms with Gasteiger partial charge in [0.15, 0.2) is 11.0 Å². The summed E-state index contributed by atoms with van der Waals surface area (Å²) < 4.78 is 8.04. The highest BCUT2D eigenvalue weighted by atomic mass is 32.1. The van der Waals surface area contributed by atoms with Gasteiger partial charge in [-0.25, -0.2) is 4.57 Å². The summed E-state index contributed by atoms with van der Waals surface area (Å²) >= 11 is 5.08. The summed E-state index contributed by atoms with van der Waals surface area (Å²) in [7, 11) is 3.75. The first-order valence-electron chi connectivity index (χ1n) is 6.65. The van der Waals surface area contributed by atoms with Crippen LogP contribution >= 0.6 is 12.2 Å². The fourth-order valence-corrected chi connectivity index (χ4v) is 2.72. The Bertz CT molecular complexity index is 712. The van der Waals surface area contributed by atoms with E-state index in [1.165, 1.54) is 0 Å². The molecule has 1 saturated heterocycles. The SMILES string of the molecule is CN(C)c1nc2[nH]c(=S)[nH]c2c[n+]1C1C[C@H](O)[C@@H](CO)O1. The Hall–Kier alpha value is -1.55. The summed E-state index contributed by atoms with van der Waals surface area (Å²) in [6.45, 7) is -0.211. The highest BCUT2D eigenvalue weighted by Crippen LogP contribution is 2.26. The van der Waals surface area contributed by atoms with Gasteiger partial charge in [-0.05, 0) is 12.2 Å². The standard InChI is InChI=1S/C12H17N5O3S/c1-16(2)12-15-10-6(13-11(21)14-10)4-17(12)9-3-7(19)8(5-18)20-9/h4,7-9,18-19H,3,5H2,1-2H3,(H,13,21)/p+1/t7-,8+,9?/m0/s1. The van der Waals surface area contributed by atoms with E-state index in [4.69, 9.17) is 17.0 Å². The second kappa shape index (κ2) is 5.34. The van der Waals surface area contributed by atoms with Gasteiger partial charge in [-0.3, -0.25) is 4.90 Å². The molecular formula is C12H18N5O3S+. The van der Waals surface area contributed by atoms with E-state index in [0.717, 1.165) is 5.52 Å². The predicted octanol–water partition coefficient (Wildman–Crippen LogP) is -0.385. The molecule has 3 heterocycles. The van der Waals surface area contributed by atoms with E-state index in [1.54, 1.807) is 0 Å². The van der Waals surface area contributed by atoms with Crippen LogP contribution in [0.4, 0.5) is 5.95 Å². The molecule has 0 bridgehead atoms. The zero-order valence-corrected chi connectivity index (χ0v) is 12.6. The van der Waals surface area contributed by atoms with E-state index in [1.807, 2.05) is 29.8 Å². The van der Waals surface area contributed by atoms with Crippen LogP contribution in [0.25, 0.3) is 11.2 Å². The average Bonchev–Trinajstić information content (AvgIpc) is 2.98. The third kappa shape index (κ3) is 2.53. The molecule has 1 fully saturated rings.